The second kappa shape index (κ2) is 7.01. The van der Waals surface area contributed by atoms with Gasteiger partial charge in [0.05, 0.1) is 0 Å². The molecule has 0 radical (unpaired) electrons. The van der Waals surface area contributed by atoms with Crippen molar-refractivity contribution < 1.29 is 4.79 Å². The van der Waals surface area contributed by atoms with Gasteiger partial charge in [0.15, 0.2) is 0 Å². The summed E-state index contributed by atoms with van der Waals surface area (Å²) in [7, 11) is 0. The Morgan fingerprint density at radius 3 is 2.56 bits per heavy atom. The summed E-state index contributed by atoms with van der Waals surface area (Å²) in [5, 5.41) is 5.76. The standard InChI is InChI=1S/C14H23N3O/c1-4-12(5-2)16-14(18)17-13-8-6-7-11(9-13)10(3)15/h6-10,12H,4-5,15H2,1-3H3,(H2,16,17,18). The Morgan fingerprint density at radius 1 is 1.33 bits per heavy atom. The maximum Gasteiger partial charge on any atom is 0.319 e. The van der Waals surface area contributed by atoms with Gasteiger partial charge in [-0.05, 0) is 37.5 Å². The number of anilines is 1. The quantitative estimate of drug-likeness (QED) is 0.751. The van der Waals surface area contributed by atoms with Crippen molar-refractivity contribution in [2.75, 3.05) is 5.32 Å². The van der Waals surface area contributed by atoms with Gasteiger partial charge >= 0.3 is 6.03 Å². The van der Waals surface area contributed by atoms with E-state index in [0.29, 0.717) is 0 Å². The Balaban J connectivity index is 2.61. The fourth-order valence-electron chi connectivity index (χ4n) is 1.75. The van der Waals surface area contributed by atoms with Crippen molar-refractivity contribution in [3.05, 3.63) is 29.8 Å². The number of hydrogen-bond acceptors (Lipinski definition) is 2. The van der Waals surface area contributed by atoms with E-state index in [-0.39, 0.29) is 18.1 Å². The van der Waals surface area contributed by atoms with Crippen LogP contribution < -0.4 is 16.4 Å². The molecule has 0 aliphatic heterocycles. The first kappa shape index (κ1) is 14.5. The summed E-state index contributed by atoms with van der Waals surface area (Å²) < 4.78 is 0. The molecule has 0 bridgehead atoms. The van der Waals surface area contributed by atoms with E-state index >= 15 is 0 Å². The number of nitrogens with one attached hydrogen (secondary N) is 2. The van der Waals surface area contributed by atoms with Gasteiger partial charge in [0.2, 0.25) is 0 Å². The van der Waals surface area contributed by atoms with Crippen molar-refractivity contribution in [3.63, 3.8) is 0 Å². The van der Waals surface area contributed by atoms with Crippen LogP contribution in [0.25, 0.3) is 0 Å². The molecule has 0 aromatic heterocycles. The number of nitrogens with two attached hydrogens (primary N) is 1. The minimum atomic E-state index is -0.162. The van der Waals surface area contributed by atoms with Crippen molar-refractivity contribution in [3.8, 4) is 0 Å². The van der Waals surface area contributed by atoms with Crippen molar-refractivity contribution >= 4 is 11.7 Å². The molecule has 0 heterocycles. The molecule has 4 heteroatoms. The molecule has 1 atom stereocenters. The maximum atomic E-state index is 11.8. The lowest BCUT2D eigenvalue weighted by atomic mass is 10.1. The molecule has 0 saturated carbocycles. The highest BCUT2D eigenvalue weighted by atomic mass is 16.2. The first-order chi connectivity index (χ1) is 8.56. The molecule has 1 aromatic rings. The van der Waals surface area contributed by atoms with Gasteiger partial charge in [-0.1, -0.05) is 26.0 Å². The first-order valence-corrected chi connectivity index (χ1v) is 6.49. The molecular formula is C14H23N3O. The molecule has 1 aromatic carbocycles. The zero-order chi connectivity index (χ0) is 13.5. The number of rotatable bonds is 5. The molecule has 1 rings (SSSR count). The van der Waals surface area contributed by atoms with Gasteiger partial charge in [0, 0.05) is 17.8 Å². The number of benzene rings is 1. The maximum absolute atomic E-state index is 11.8. The summed E-state index contributed by atoms with van der Waals surface area (Å²) in [4.78, 5) is 11.8. The summed E-state index contributed by atoms with van der Waals surface area (Å²) in [5.41, 5.74) is 7.59. The molecule has 4 nitrogen and oxygen atoms in total. The van der Waals surface area contributed by atoms with Crippen LogP contribution in [0.15, 0.2) is 24.3 Å². The molecule has 0 spiro atoms. The monoisotopic (exact) mass is 249 g/mol. The largest absolute Gasteiger partial charge is 0.335 e. The molecule has 18 heavy (non-hydrogen) atoms. The Bertz CT molecular complexity index is 386. The highest BCUT2D eigenvalue weighted by molar-refractivity contribution is 5.89. The number of carbonyl (C=O) groups is 1. The fourth-order valence-corrected chi connectivity index (χ4v) is 1.75. The van der Waals surface area contributed by atoms with Crippen LogP contribution in [0.5, 0.6) is 0 Å². The minimum absolute atomic E-state index is 0.0335. The van der Waals surface area contributed by atoms with Gasteiger partial charge in [-0.2, -0.15) is 0 Å². The average Bonchev–Trinajstić information content (AvgIpc) is 2.36. The molecule has 4 N–H and O–H groups in total. The summed E-state index contributed by atoms with van der Waals surface area (Å²) in [5.74, 6) is 0. The molecule has 0 aliphatic carbocycles. The highest BCUT2D eigenvalue weighted by Crippen LogP contribution is 2.15. The number of hydrogen-bond donors (Lipinski definition) is 3. The average molecular weight is 249 g/mol. The summed E-state index contributed by atoms with van der Waals surface area (Å²) in [6, 6.07) is 7.64. The molecule has 1 unspecified atom stereocenters. The number of carbonyl (C=O) groups excluding carboxylic acids is 1. The summed E-state index contributed by atoms with van der Waals surface area (Å²) >= 11 is 0. The van der Waals surface area contributed by atoms with E-state index in [1.54, 1.807) is 0 Å². The van der Waals surface area contributed by atoms with Crippen LogP contribution in [-0.4, -0.2) is 12.1 Å². The van der Waals surface area contributed by atoms with E-state index < -0.39 is 0 Å². The summed E-state index contributed by atoms with van der Waals surface area (Å²) in [6.07, 6.45) is 1.87. The summed E-state index contributed by atoms with van der Waals surface area (Å²) in [6.45, 7) is 6.04. The third kappa shape index (κ3) is 4.37. The Kier molecular flexibility index (Phi) is 5.65. The fraction of sp³-hybridized carbons (Fsp3) is 0.500. The zero-order valence-electron chi connectivity index (χ0n) is 11.4. The van der Waals surface area contributed by atoms with Crippen LogP contribution in [-0.2, 0) is 0 Å². The van der Waals surface area contributed by atoms with Crippen molar-refractivity contribution in [1.29, 1.82) is 0 Å². The van der Waals surface area contributed by atoms with Gasteiger partial charge in [-0.25, -0.2) is 4.79 Å². The molecule has 100 valence electrons. The number of urea groups is 1. The SMILES string of the molecule is CCC(CC)NC(=O)Nc1cccc(C(C)N)c1. The Hall–Kier alpha value is -1.55. The van der Waals surface area contributed by atoms with Gasteiger partial charge in [-0.15, -0.1) is 0 Å². The van der Waals surface area contributed by atoms with E-state index in [1.165, 1.54) is 0 Å². The van der Waals surface area contributed by atoms with E-state index in [9.17, 15) is 4.79 Å². The zero-order valence-corrected chi connectivity index (χ0v) is 11.4. The van der Waals surface area contributed by atoms with E-state index in [0.717, 1.165) is 24.1 Å². The van der Waals surface area contributed by atoms with Crippen LogP contribution in [0.3, 0.4) is 0 Å². The molecule has 2 amide bonds. The predicted molar refractivity (Wildman–Crippen MR) is 75.6 cm³/mol. The molecular weight excluding hydrogens is 226 g/mol. The van der Waals surface area contributed by atoms with Crippen LogP contribution in [0.4, 0.5) is 10.5 Å². The van der Waals surface area contributed by atoms with E-state index in [2.05, 4.69) is 24.5 Å². The van der Waals surface area contributed by atoms with Crippen LogP contribution >= 0.6 is 0 Å². The lowest BCUT2D eigenvalue weighted by Gasteiger charge is -2.16. The van der Waals surface area contributed by atoms with Crippen molar-refractivity contribution in [1.82, 2.24) is 5.32 Å². The van der Waals surface area contributed by atoms with Gasteiger partial charge < -0.3 is 16.4 Å². The smallest absolute Gasteiger partial charge is 0.319 e. The minimum Gasteiger partial charge on any atom is -0.335 e. The molecule has 0 aliphatic rings. The highest BCUT2D eigenvalue weighted by Gasteiger charge is 2.08. The second-order valence-electron chi connectivity index (χ2n) is 4.53. The van der Waals surface area contributed by atoms with Gasteiger partial charge in [-0.3, -0.25) is 0 Å². The van der Waals surface area contributed by atoms with Crippen LogP contribution in [0, 0.1) is 0 Å². The van der Waals surface area contributed by atoms with Gasteiger partial charge in [0.25, 0.3) is 0 Å². The molecule has 0 fully saturated rings. The Morgan fingerprint density at radius 2 is 2.00 bits per heavy atom. The third-order valence-electron chi connectivity index (χ3n) is 2.99. The normalized spacial score (nSPS) is 12.3. The third-order valence-corrected chi connectivity index (χ3v) is 2.99. The lowest BCUT2D eigenvalue weighted by Crippen LogP contribution is -2.37. The predicted octanol–water partition coefficient (Wildman–Crippen LogP) is 3.02. The Labute approximate surface area is 109 Å². The first-order valence-electron chi connectivity index (χ1n) is 6.49. The van der Waals surface area contributed by atoms with E-state index in [1.807, 2.05) is 31.2 Å². The second-order valence-corrected chi connectivity index (χ2v) is 4.53. The number of amides is 2. The van der Waals surface area contributed by atoms with Crippen molar-refractivity contribution in [2.24, 2.45) is 5.73 Å². The van der Waals surface area contributed by atoms with E-state index in [4.69, 9.17) is 5.73 Å². The van der Waals surface area contributed by atoms with Crippen molar-refractivity contribution in [2.45, 2.75) is 45.7 Å². The van der Waals surface area contributed by atoms with Crippen LogP contribution in [0.2, 0.25) is 0 Å². The topological polar surface area (TPSA) is 67.2 Å². The molecule has 0 saturated heterocycles. The lowest BCUT2D eigenvalue weighted by molar-refractivity contribution is 0.247. The van der Waals surface area contributed by atoms with Gasteiger partial charge in [0.1, 0.15) is 0 Å². The van der Waals surface area contributed by atoms with Crippen LogP contribution in [0.1, 0.15) is 45.2 Å².